The SMILES string of the molecule is CCCOCC(=O)NCC(C)CN1CCCC1. The van der Waals surface area contributed by atoms with E-state index in [1.807, 2.05) is 6.92 Å². The molecule has 1 aliphatic rings. The molecule has 4 heteroatoms. The van der Waals surface area contributed by atoms with E-state index in [1.165, 1.54) is 25.9 Å². The van der Waals surface area contributed by atoms with E-state index in [1.54, 1.807) is 0 Å². The highest BCUT2D eigenvalue weighted by atomic mass is 16.5. The van der Waals surface area contributed by atoms with Gasteiger partial charge in [0.25, 0.3) is 0 Å². The van der Waals surface area contributed by atoms with E-state index < -0.39 is 0 Å². The number of likely N-dealkylation sites (tertiary alicyclic amines) is 1. The summed E-state index contributed by atoms with van der Waals surface area (Å²) < 4.78 is 5.19. The van der Waals surface area contributed by atoms with Gasteiger partial charge in [-0.05, 0) is 38.3 Å². The molecule has 0 bridgehead atoms. The Morgan fingerprint density at radius 1 is 1.41 bits per heavy atom. The molecule has 1 aliphatic heterocycles. The van der Waals surface area contributed by atoms with E-state index in [9.17, 15) is 4.79 Å². The first-order valence-corrected chi connectivity index (χ1v) is 6.79. The van der Waals surface area contributed by atoms with Crippen LogP contribution in [0.25, 0.3) is 0 Å². The van der Waals surface area contributed by atoms with Gasteiger partial charge in [0.2, 0.25) is 5.91 Å². The second kappa shape index (κ2) is 8.48. The molecule has 0 aromatic rings. The van der Waals surface area contributed by atoms with Crippen LogP contribution in [0.1, 0.15) is 33.1 Å². The zero-order chi connectivity index (χ0) is 12.5. The van der Waals surface area contributed by atoms with Crippen molar-refractivity contribution in [3.8, 4) is 0 Å². The highest BCUT2D eigenvalue weighted by Gasteiger charge is 2.14. The van der Waals surface area contributed by atoms with Crippen LogP contribution in [0.3, 0.4) is 0 Å². The first-order valence-electron chi connectivity index (χ1n) is 6.79. The molecule has 4 nitrogen and oxygen atoms in total. The molecule has 0 saturated carbocycles. The monoisotopic (exact) mass is 242 g/mol. The van der Waals surface area contributed by atoms with Crippen molar-refractivity contribution in [2.24, 2.45) is 5.92 Å². The Bertz CT molecular complexity index is 215. The Balaban J connectivity index is 2.01. The summed E-state index contributed by atoms with van der Waals surface area (Å²) in [6.45, 7) is 9.37. The van der Waals surface area contributed by atoms with Crippen molar-refractivity contribution in [2.45, 2.75) is 33.1 Å². The van der Waals surface area contributed by atoms with Gasteiger partial charge >= 0.3 is 0 Å². The van der Waals surface area contributed by atoms with Crippen LogP contribution in [-0.2, 0) is 9.53 Å². The molecule has 1 N–H and O–H groups in total. The maximum Gasteiger partial charge on any atom is 0.246 e. The van der Waals surface area contributed by atoms with Gasteiger partial charge in [0.1, 0.15) is 6.61 Å². The van der Waals surface area contributed by atoms with E-state index in [-0.39, 0.29) is 12.5 Å². The maximum atomic E-state index is 11.4. The fourth-order valence-corrected chi connectivity index (χ4v) is 2.12. The molecule has 1 amide bonds. The van der Waals surface area contributed by atoms with Crippen molar-refractivity contribution in [1.29, 1.82) is 0 Å². The van der Waals surface area contributed by atoms with Gasteiger partial charge in [-0.1, -0.05) is 13.8 Å². The van der Waals surface area contributed by atoms with Crippen molar-refractivity contribution in [2.75, 3.05) is 39.4 Å². The third-order valence-electron chi connectivity index (χ3n) is 3.00. The summed E-state index contributed by atoms with van der Waals surface area (Å²) in [6.07, 6.45) is 3.60. The van der Waals surface area contributed by atoms with Gasteiger partial charge in [0, 0.05) is 19.7 Å². The van der Waals surface area contributed by atoms with Gasteiger partial charge in [0.15, 0.2) is 0 Å². The third-order valence-corrected chi connectivity index (χ3v) is 3.00. The van der Waals surface area contributed by atoms with Crippen molar-refractivity contribution >= 4 is 5.91 Å². The number of nitrogens with one attached hydrogen (secondary N) is 1. The van der Waals surface area contributed by atoms with Crippen LogP contribution in [0.2, 0.25) is 0 Å². The molecule has 0 aliphatic carbocycles. The molecule has 0 radical (unpaired) electrons. The highest BCUT2D eigenvalue weighted by Crippen LogP contribution is 2.09. The predicted octanol–water partition coefficient (Wildman–Crippen LogP) is 1.26. The first-order chi connectivity index (χ1) is 8.22. The van der Waals surface area contributed by atoms with Gasteiger partial charge in [-0.2, -0.15) is 0 Å². The number of nitrogens with zero attached hydrogens (tertiary/aromatic N) is 1. The Labute approximate surface area is 105 Å². The largest absolute Gasteiger partial charge is 0.372 e. The molecule has 1 heterocycles. The molecule has 0 spiro atoms. The van der Waals surface area contributed by atoms with Crippen molar-refractivity contribution in [1.82, 2.24) is 10.2 Å². The van der Waals surface area contributed by atoms with Crippen molar-refractivity contribution in [3.05, 3.63) is 0 Å². The number of carbonyl (C=O) groups excluding carboxylic acids is 1. The second-order valence-corrected chi connectivity index (χ2v) is 4.97. The molecule has 1 fully saturated rings. The third kappa shape index (κ3) is 6.64. The zero-order valence-electron chi connectivity index (χ0n) is 11.2. The Hall–Kier alpha value is -0.610. The van der Waals surface area contributed by atoms with Crippen LogP contribution < -0.4 is 5.32 Å². The molecule has 100 valence electrons. The summed E-state index contributed by atoms with van der Waals surface area (Å²) in [5.74, 6) is 0.523. The van der Waals surface area contributed by atoms with Crippen LogP contribution in [0.4, 0.5) is 0 Å². The topological polar surface area (TPSA) is 41.6 Å². The molecule has 1 rings (SSSR count). The molecule has 0 aromatic heterocycles. The smallest absolute Gasteiger partial charge is 0.246 e. The van der Waals surface area contributed by atoms with E-state index in [0.29, 0.717) is 12.5 Å². The minimum absolute atomic E-state index is 0.00622. The summed E-state index contributed by atoms with van der Waals surface area (Å²) in [6, 6.07) is 0. The van der Waals surface area contributed by atoms with Crippen molar-refractivity contribution in [3.63, 3.8) is 0 Å². The van der Waals surface area contributed by atoms with E-state index in [4.69, 9.17) is 4.74 Å². The van der Waals surface area contributed by atoms with Gasteiger partial charge < -0.3 is 15.0 Å². The molecule has 1 saturated heterocycles. The minimum Gasteiger partial charge on any atom is -0.372 e. The molecular formula is C13H26N2O2. The van der Waals surface area contributed by atoms with Gasteiger partial charge in [-0.15, -0.1) is 0 Å². The maximum absolute atomic E-state index is 11.4. The van der Waals surface area contributed by atoms with Gasteiger partial charge in [-0.25, -0.2) is 0 Å². The normalized spacial score (nSPS) is 18.2. The quantitative estimate of drug-likeness (QED) is 0.652. The van der Waals surface area contributed by atoms with Crippen LogP contribution in [0, 0.1) is 5.92 Å². The Kier molecular flexibility index (Phi) is 7.21. The van der Waals surface area contributed by atoms with Crippen LogP contribution >= 0.6 is 0 Å². The van der Waals surface area contributed by atoms with Gasteiger partial charge in [0.05, 0.1) is 0 Å². The summed E-state index contributed by atoms with van der Waals surface area (Å²) in [4.78, 5) is 13.9. The number of amides is 1. The molecule has 17 heavy (non-hydrogen) atoms. The lowest BCUT2D eigenvalue weighted by molar-refractivity contribution is -0.125. The lowest BCUT2D eigenvalue weighted by Crippen LogP contribution is -2.36. The Morgan fingerprint density at radius 2 is 2.12 bits per heavy atom. The average Bonchev–Trinajstić information content (AvgIpc) is 2.79. The number of carbonyl (C=O) groups is 1. The van der Waals surface area contributed by atoms with E-state index >= 15 is 0 Å². The molecule has 1 atom stereocenters. The van der Waals surface area contributed by atoms with Crippen LogP contribution in [-0.4, -0.2) is 50.2 Å². The fourth-order valence-electron chi connectivity index (χ4n) is 2.12. The number of rotatable bonds is 8. The molecular weight excluding hydrogens is 216 g/mol. The average molecular weight is 242 g/mol. The number of hydrogen-bond acceptors (Lipinski definition) is 3. The van der Waals surface area contributed by atoms with Gasteiger partial charge in [-0.3, -0.25) is 4.79 Å². The summed E-state index contributed by atoms with van der Waals surface area (Å²) >= 11 is 0. The van der Waals surface area contributed by atoms with E-state index in [2.05, 4.69) is 17.1 Å². The van der Waals surface area contributed by atoms with Crippen molar-refractivity contribution < 1.29 is 9.53 Å². The summed E-state index contributed by atoms with van der Waals surface area (Å²) in [5.41, 5.74) is 0. The van der Waals surface area contributed by atoms with Crippen LogP contribution in [0.15, 0.2) is 0 Å². The molecule has 1 unspecified atom stereocenters. The van der Waals surface area contributed by atoms with Crippen LogP contribution in [0.5, 0.6) is 0 Å². The molecule has 0 aromatic carbocycles. The second-order valence-electron chi connectivity index (χ2n) is 4.97. The van der Waals surface area contributed by atoms with E-state index in [0.717, 1.165) is 19.5 Å². The number of ether oxygens (including phenoxy) is 1. The first kappa shape index (κ1) is 14.5. The number of hydrogen-bond donors (Lipinski definition) is 1. The highest BCUT2D eigenvalue weighted by molar-refractivity contribution is 5.77. The lowest BCUT2D eigenvalue weighted by Gasteiger charge is -2.20. The Morgan fingerprint density at radius 3 is 2.76 bits per heavy atom. The zero-order valence-corrected chi connectivity index (χ0v) is 11.2. The summed E-state index contributed by atoms with van der Waals surface area (Å²) in [5, 5.41) is 2.92. The lowest BCUT2D eigenvalue weighted by atomic mass is 10.1. The fraction of sp³-hybridized carbons (Fsp3) is 0.923. The standard InChI is InChI=1S/C13H26N2O2/c1-3-8-17-11-13(16)14-9-12(2)10-15-6-4-5-7-15/h12H,3-11H2,1-2H3,(H,14,16). The predicted molar refractivity (Wildman–Crippen MR) is 69.0 cm³/mol. The minimum atomic E-state index is 0.00622. The summed E-state index contributed by atoms with van der Waals surface area (Å²) in [7, 11) is 0.